The molecule has 182 valence electrons. The molecule has 7 rings (SSSR count). The number of aromatic nitrogens is 1. The number of carbonyl (C=O) groups excluding carboxylic acids is 1. The van der Waals surface area contributed by atoms with Gasteiger partial charge in [-0.2, -0.15) is 0 Å². The molecule has 0 radical (unpaired) electrons. The molecule has 1 aromatic heterocycles. The first-order chi connectivity index (χ1) is 18.1. The third kappa shape index (κ3) is 3.14. The maximum Gasteiger partial charge on any atom is 0.163 e. The molecule has 0 amide bonds. The smallest absolute Gasteiger partial charge is 0.163 e. The average Bonchev–Trinajstić information content (AvgIpc) is 3.48. The van der Waals surface area contributed by atoms with Gasteiger partial charge in [-0.15, -0.1) is 0 Å². The summed E-state index contributed by atoms with van der Waals surface area (Å²) in [6.45, 7) is 0. The van der Waals surface area contributed by atoms with E-state index in [1.165, 1.54) is 33.3 Å². The van der Waals surface area contributed by atoms with E-state index in [2.05, 4.69) is 102 Å². The Kier molecular flexibility index (Phi) is 4.99. The fourth-order valence-corrected chi connectivity index (χ4v) is 7.28. The number of para-hydroxylation sites is 1. The van der Waals surface area contributed by atoms with Crippen molar-refractivity contribution in [1.29, 1.82) is 0 Å². The quantitative estimate of drug-likeness (QED) is 0.272. The monoisotopic (exact) mass is 482 g/mol. The van der Waals surface area contributed by atoms with Crippen molar-refractivity contribution in [2.75, 3.05) is 0 Å². The van der Waals surface area contributed by atoms with Crippen molar-refractivity contribution in [3.05, 3.63) is 143 Å². The number of fused-ring (bicyclic) bond motifs is 6. The molecule has 5 aromatic rings. The van der Waals surface area contributed by atoms with Crippen molar-refractivity contribution in [3.8, 4) is 0 Å². The van der Waals surface area contributed by atoms with Crippen molar-refractivity contribution in [1.82, 2.24) is 9.88 Å². The van der Waals surface area contributed by atoms with Crippen LogP contribution in [0.1, 0.15) is 57.9 Å². The maximum absolute atomic E-state index is 13.8. The van der Waals surface area contributed by atoms with Gasteiger partial charge in [0.05, 0.1) is 11.1 Å². The Morgan fingerprint density at radius 2 is 1.38 bits per heavy atom. The number of Topliss-reactive ketones (excluding diaryl/α,β-unsaturated/α-hetero) is 1. The Bertz CT molecular complexity index is 1610. The SMILES string of the molecule is Cn1c2c(c3ccccc31)[C@]1(c3ccccc3)CC[C@@](c3ccccc3)(N1)[C@H]2CC(=O)c1ccccc1. The number of aryl methyl sites for hydroxylation is 1. The molecule has 3 heterocycles. The predicted molar refractivity (Wildman–Crippen MR) is 149 cm³/mol. The van der Waals surface area contributed by atoms with Crippen LogP contribution in [0.2, 0.25) is 0 Å². The Hall–Kier alpha value is -3.95. The first kappa shape index (κ1) is 22.3. The van der Waals surface area contributed by atoms with Gasteiger partial charge in [0.2, 0.25) is 0 Å². The second-order valence-electron chi connectivity index (χ2n) is 10.6. The zero-order valence-corrected chi connectivity index (χ0v) is 21.0. The molecule has 2 bridgehead atoms. The van der Waals surface area contributed by atoms with E-state index in [0.717, 1.165) is 18.4 Å². The lowest BCUT2D eigenvalue weighted by Gasteiger charge is -2.48. The Balaban J connectivity index is 1.53. The molecule has 37 heavy (non-hydrogen) atoms. The van der Waals surface area contributed by atoms with Gasteiger partial charge in [-0.25, -0.2) is 0 Å². The summed E-state index contributed by atoms with van der Waals surface area (Å²) in [6, 6.07) is 40.2. The lowest BCUT2D eigenvalue weighted by atomic mass is 9.69. The van der Waals surface area contributed by atoms with Gasteiger partial charge >= 0.3 is 0 Å². The van der Waals surface area contributed by atoms with Crippen LogP contribution >= 0.6 is 0 Å². The zero-order chi connectivity index (χ0) is 25.0. The number of rotatable bonds is 5. The number of nitrogens with one attached hydrogen (secondary N) is 1. The minimum atomic E-state index is -0.351. The molecule has 1 saturated heterocycles. The van der Waals surface area contributed by atoms with E-state index in [1.807, 2.05) is 30.3 Å². The van der Waals surface area contributed by atoms with Crippen molar-refractivity contribution >= 4 is 16.7 Å². The molecule has 0 spiro atoms. The van der Waals surface area contributed by atoms with Crippen molar-refractivity contribution in [2.45, 2.75) is 36.3 Å². The summed E-state index contributed by atoms with van der Waals surface area (Å²) in [6.07, 6.45) is 2.39. The molecule has 3 heteroatoms. The van der Waals surface area contributed by atoms with Crippen LogP contribution in [0.3, 0.4) is 0 Å². The average molecular weight is 483 g/mol. The zero-order valence-electron chi connectivity index (χ0n) is 21.0. The van der Waals surface area contributed by atoms with Crippen molar-refractivity contribution in [2.24, 2.45) is 7.05 Å². The van der Waals surface area contributed by atoms with Crippen LogP contribution in [-0.2, 0) is 18.1 Å². The molecule has 2 aliphatic rings. The highest BCUT2D eigenvalue weighted by Crippen LogP contribution is 2.61. The van der Waals surface area contributed by atoms with Gasteiger partial charge in [0, 0.05) is 47.1 Å². The van der Waals surface area contributed by atoms with Crippen LogP contribution in [0.25, 0.3) is 10.9 Å². The Labute approximate surface area is 217 Å². The molecule has 1 N–H and O–H groups in total. The fraction of sp³-hybridized carbons (Fsp3) is 0.206. The van der Waals surface area contributed by atoms with Gasteiger partial charge in [-0.3, -0.25) is 10.1 Å². The van der Waals surface area contributed by atoms with Crippen molar-refractivity contribution < 1.29 is 4.79 Å². The summed E-state index contributed by atoms with van der Waals surface area (Å²) in [7, 11) is 2.18. The maximum atomic E-state index is 13.8. The molecular weight excluding hydrogens is 452 g/mol. The topological polar surface area (TPSA) is 34.0 Å². The molecule has 0 aliphatic carbocycles. The minimum absolute atomic E-state index is 0.00524. The van der Waals surface area contributed by atoms with Crippen LogP contribution in [0.5, 0.6) is 0 Å². The lowest BCUT2D eigenvalue weighted by molar-refractivity contribution is 0.0942. The summed E-state index contributed by atoms with van der Waals surface area (Å²) in [5.74, 6) is 0.187. The lowest BCUT2D eigenvalue weighted by Crippen LogP contribution is -2.55. The first-order valence-electron chi connectivity index (χ1n) is 13.2. The van der Waals surface area contributed by atoms with Crippen molar-refractivity contribution in [3.63, 3.8) is 0 Å². The van der Waals surface area contributed by atoms with Gasteiger partial charge in [0.15, 0.2) is 5.78 Å². The Morgan fingerprint density at radius 3 is 2.08 bits per heavy atom. The van der Waals surface area contributed by atoms with Gasteiger partial charge < -0.3 is 4.57 Å². The number of benzene rings is 4. The molecular formula is C34H30N2O. The molecule has 2 aliphatic heterocycles. The summed E-state index contributed by atoms with van der Waals surface area (Å²) in [4.78, 5) is 13.8. The van der Waals surface area contributed by atoms with Gasteiger partial charge in [-0.1, -0.05) is 109 Å². The summed E-state index contributed by atoms with van der Waals surface area (Å²) in [5, 5.41) is 5.53. The number of ketones is 1. The van der Waals surface area contributed by atoms with Crippen LogP contribution < -0.4 is 5.32 Å². The van der Waals surface area contributed by atoms with E-state index in [4.69, 9.17) is 0 Å². The third-order valence-corrected chi connectivity index (χ3v) is 8.88. The van der Waals surface area contributed by atoms with Crippen LogP contribution in [-0.4, -0.2) is 10.4 Å². The highest BCUT2D eigenvalue weighted by atomic mass is 16.1. The van der Waals surface area contributed by atoms with E-state index in [-0.39, 0.29) is 22.8 Å². The highest BCUT2D eigenvalue weighted by molar-refractivity contribution is 5.97. The van der Waals surface area contributed by atoms with Gasteiger partial charge in [0.25, 0.3) is 0 Å². The summed E-state index contributed by atoms with van der Waals surface area (Å²) in [5.41, 5.74) is 6.51. The minimum Gasteiger partial charge on any atom is -0.347 e. The Morgan fingerprint density at radius 1 is 0.784 bits per heavy atom. The van der Waals surface area contributed by atoms with E-state index in [9.17, 15) is 4.79 Å². The second kappa shape index (κ2) is 8.29. The number of carbonyl (C=O) groups is 1. The van der Waals surface area contributed by atoms with E-state index >= 15 is 0 Å². The number of nitrogens with zero attached hydrogens (tertiary/aromatic N) is 1. The van der Waals surface area contributed by atoms with E-state index < -0.39 is 0 Å². The van der Waals surface area contributed by atoms with Crippen LogP contribution in [0, 0.1) is 0 Å². The standard InChI is InChI=1S/C34H30N2O/c1-36-29-20-12-11-19-27(29)31-32(36)28(23-30(37)24-13-5-2-6-14-24)33(25-15-7-3-8-16-25)21-22-34(31,35-33)26-17-9-4-10-18-26/h2-20,28,35H,21-23H2,1H3/t28-,33-,34+/m0/s1. The predicted octanol–water partition coefficient (Wildman–Crippen LogP) is 7.07. The molecule has 3 nitrogen and oxygen atoms in total. The van der Waals surface area contributed by atoms with E-state index in [0.29, 0.717) is 6.42 Å². The van der Waals surface area contributed by atoms with Crippen LogP contribution in [0.4, 0.5) is 0 Å². The second-order valence-corrected chi connectivity index (χ2v) is 10.6. The summed E-state index contributed by atoms with van der Waals surface area (Å²) < 4.78 is 2.37. The molecule has 0 saturated carbocycles. The fourth-order valence-electron chi connectivity index (χ4n) is 7.28. The number of hydrogen-bond donors (Lipinski definition) is 1. The van der Waals surface area contributed by atoms with Crippen LogP contribution in [0.15, 0.2) is 115 Å². The highest BCUT2D eigenvalue weighted by Gasteiger charge is 2.61. The first-order valence-corrected chi connectivity index (χ1v) is 13.2. The number of hydrogen-bond acceptors (Lipinski definition) is 2. The molecule has 4 aromatic carbocycles. The summed E-state index contributed by atoms with van der Waals surface area (Å²) >= 11 is 0. The molecule has 1 fully saturated rings. The van der Waals surface area contributed by atoms with Gasteiger partial charge in [-0.05, 0) is 30.0 Å². The normalized spacial score (nSPS) is 24.2. The largest absolute Gasteiger partial charge is 0.347 e. The third-order valence-electron chi connectivity index (χ3n) is 8.88. The molecule has 0 unspecified atom stereocenters. The molecule has 3 atom stereocenters. The van der Waals surface area contributed by atoms with E-state index in [1.54, 1.807) is 0 Å². The van der Waals surface area contributed by atoms with Gasteiger partial charge in [0.1, 0.15) is 0 Å².